The van der Waals surface area contributed by atoms with Crippen molar-refractivity contribution < 1.29 is 9.53 Å². The number of methoxy groups -OCH3 is 1. The van der Waals surface area contributed by atoms with E-state index in [1.54, 1.807) is 0 Å². The quantitative estimate of drug-likeness (QED) is 0.570. The summed E-state index contributed by atoms with van der Waals surface area (Å²) in [7, 11) is -1.06. The van der Waals surface area contributed by atoms with Crippen LogP contribution >= 0.6 is 0 Å². The van der Waals surface area contributed by atoms with Crippen LogP contribution in [0.4, 0.5) is 0 Å². The molecule has 0 amide bonds. The first-order chi connectivity index (χ1) is 7.57. The summed E-state index contributed by atoms with van der Waals surface area (Å²) in [5, 5.41) is 0. The Morgan fingerprint density at radius 2 is 1.65 bits per heavy atom. The Hall–Kier alpha value is -0.136. The SMILES string of the molecule is COC(=O)C1CC1CN([Si](C)(C)C)[Si](C)(C)C. The van der Waals surface area contributed by atoms with Gasteiger partial charge in [-0.05, 0) is 18.9 Å². The van der Waals surface area contributed by atoms with Gasteiger partial charge in [0.2, 0.25) is 0 Å². The van der Waals surface area contributed by atoms with E-state index in [1.807, 2.05) is 0 Å². The molecule has 0 aliphatic heterocycles. The van der Waals surface area contributed by atoms with Gasteiger partial charge in [0.05, 0.1) is 13.0 Å². The molecular weight excluding hydrogens is 246 g/mol. The van der Waals surface area contributed by atoms with Gasteiger partial charge >= 0.3 is 5.97 Å². The second-order valence-corrected chi connectivity index (χ2v) is 17.3. The molecule has 0 aromatic rings. The van der Waals surface area contributed by atoms with Crippen LogP contribution in [-0.2, 0) is 9.53 Å². The summed E-state index contributed by atoms with van der Waals surface area (Å²) in [5.74, 6) is 0.706. The highest BCUT2D eigenvalue weighted by Gasteiger charge is 2.47. The molecule has 1 saturated carbocycles. The number of hydrogen-bond donors (Lipinski definition) is 0. The average Bonchev–Trinajstić information content (AvgIpc) is 2.88. The lowest BCUT2D eigenvalue weighted by molar-refractivity contribution is -0.142. The van der Waals surface area contributed by atoms with E-state index in [2.05, 4.69) is 43.5 Å². The summed E-state index contributed by atoms with van der Waals surface area (Å²) < 4.78 is 7.58. The Morgan fingerprint density at radius 3 is 2.00 bits per heavy atom. The second kappa shape index (κ2) is 4.86. The predicted molar refractivity (Wildman–Crippen MR) is 77.0 cm³/mol. The van der Waals surface area contributed by atoms with Crippen LogP contribution in [0.1, 0.15) is 6.42 Å². The van der Waals surface area contributed by atoms with Crippen molar-refractivity contribution in [3.05, 3.63) is 0 Å². The van der Waals surface area contributed by atoms with Gasteiger partial charge in [0.25, 0.3) is 0 Å². The highest BCUT2D eigenvalue weighted by molar-refractivity contribution is 6.89. The van der Waals surface area contributed by atoms with Crippen LogP contribution < -0.4 is 0 Å². The van der Waals surface area contributed by atoms with E-state index in [0.717, 1.165) is 13.0 Å². The second-order valence-electron chi connectivity index (χ2n) is 7.08. The van der Waals surface area contributed by atoms with Gasteiger partial charge in [-0.3, -0.25) is 4.79 Å². The van der Waals surface area contributed by atoms with E-state index in [1.165, 1.54) is 7.11 Å². The van der Waals surface area contributed by atoms with Crippen molar-refractivity contribution in [2.45, 2.75) is 45.7 Å². The van der Waals surface area contributed by atoms with Crippen LogP contribution in [0.2, 0.25) is 39.3 Å². The largest absolute Gasteiger partial charge is 0.469 e. The third-order valence-corrected chi connectivity index (χ3v) is 11.1. The molecule has 100 valence electrons. The maximum Gasteiger partial charge on any atom is 0.308 e. The highest BCUT2D eigenvalue weighted by Crippen LogP contribution is 2.41. The van der Waals surface area contributed by atoms with Crippen LogP contribution in [0, 0.1) is 11.8 Å². The molecule has 1 rings (SSSR count). The van der Waals surface area contributed by atoms with Gasteiger partial charge in [-0.2, -0.15) is 0 Å². The highest BCUT2D eigenvalue weighted by atomic mass is 28.4. The summed E-state index contributed by atoms with van der Waals surface area (Å²) in [6.07, 6.45) is 1.03. The van der Waals surface area contributed by atoms with Crippen molar-refractivity contribution in [1.29, 1.82) is 0 Å². The zero-order valence-electron chi connectivity index (χ0n) is 12.3. The molecular formula is C12H27NO2Si2. The van der Waals surface area contributed by atoms with Crippen LogP contribution in [-0.4, -0.2) is 40.3 Å². The van der Waals surface area contributed by atoms with Gasteiger partial charge < -0.3 is 8.97 Å². The first kappa shape index (κ1) is 14.9. The zero-order valence-corrected chi connectivity index (χ0v) is 14.3. The molecule has 2 unspecified atom stereocenters. The molecule has 0 aromatic carbocycles. The normalized spacial score (nSPS) is 24.9. The van der Waals surface area contributed by atoms with Crippen molar-refractivity contribution >= 4 is 22.4 Å². The molecule has 1 aliphatic rings. The Balaban J connectivity index is 2.63. The molecule has 0 radical (unpaired) electrons. The van der Waals surface area contributed by atoms with Gasteiger partial charge in [-0.25, -0.2) is 0 Å². The Morgan fingerprint density at radius 1 is 1.18 bits per heavy atom. The van der Waals surface area contributed by atoms with E-state index < -0.39 is 16.5 Å². The van der Waals surface area contributed by atoms with Crippen molar-refractivity contribution in [2.75, 3.05) is 13.7 Å². The van der Waals surface area contributed by atoms with Crippen molar-refractivity contribution in [2.24, 2.45) is 11.8 Å². The minimum Gasteiger partial charge on any atom is -0.469 e. The molecule has 0 saturated heterocycles. The molecule has 0 aromatic heterocycles. The lowest BCUT2D eigenvalue weighted by Crippen LogP contribution is -2.59. The molecule has 17 heavy (non-hydrogen) atoms. The van der Waals surface area contributed by atoms with E-state index in [9.17, 15) is 4.79 Å². The minimum atomic E-state index is -1.28. The number of ether oxygens (including phenoxy) is 1. The number of carbonyl (C=O) groups is 1. The van der Waals surface area contributed by atoms with Crippen LogP contribution in [0.25, 0.3) is 0 Å². The number of hydrogen-bond acceptors (Lipinski definition) is 3. The lowest BCUT2D eigenvalue weighted by Gasteiger charge is -2.43. The third-order valence-electron chi connectivity index (χ3n) is 3.46. The summed E-state index contributed by atoms with van der Waals surface area (Å²) in [6.45, 7) is 15.5. The summed E-state index contributed by atoms with van der Waals surface area (Å²) in [4.78, 5) is 11.4. The van der Waals surface area contributed by atoms with Gasteiger partial charge in [-0.15, -0.1) is 0 Å². The monoisotopic (exact) mass is 273 g/mol. The average molecular weight is 274 g/mol. The van der Waals surface area contributed by atoms with Crippen molar-refractivity contribution in [1.82, 2.24) is 4.23 Å². The molecule has 1 fully saturated rings. The fraction of sp³-hybridized carbons (Fsp3) is 0.917. The molecule has 5 heteroatoms. The summed E-state index contributed by atoms with van der Waals surface area (Å²) >= 11 is 0. The number of nitrogens with zero attached hydrogens (tertiary/aromatic N) is 1. The van der Waals surface area contributed by atoms with Gasteiger partial charge in [-0.1, -0.05) is 39.3 Å². The van der Waals surface area contributed by atoms with Gasteiger partial charge in [0, 0.05) is 0 Å². The molecule has 0 bridgehead atoms. The first-order valence-electron chi connectivity index (χ1n) is 6.43. The van der Waals surface area contributed by atoms with Crippen LogP contribution in [0.5, 0.6) is 0 Å². The Kier molecular flexibility index (Phi) is 4.26. The van der Waals surface area contributed by atoms with E-state index >= 15 is 0 Å². The molecule has 0 spiro atoms. The smallest absolute Gasteiger partial charge is 0.308 e. The standard InChI is InChI=1S/C12H27NO2Si2/c1-15-12(14)11-8-10(11)9-13(16(2,3)4)17(5,6)7/h10-11H,8-9H2,1-7H3. The summed E-state index contributed by atoms with van der Waals surface area (Å²) in [5.41, 5.74) is 0. The predicted octanol–water partition coefficient (Wildman–Crippen LogP) is 2.77. The zero-order chi connectivity index (χ0) is 13.4. The molecule has 0 heterocycles. The molecule has 2 atom stereocenters. The van der Waals surface area contributed by atoms with Crippen molar-refractivity contribution in [3.8, 4) is 0 Å². The number of rotatable bonds is 5. The Bertz CT molecular complexity index is 280. The number of esters is 1. The molecule has 0 N–H and O–H groups in total. The fourth-order valence-corrected chi connectivity index (χ4v) is 12.3. The van der Waals surface area contributed by atoms with Crippen LogP contribution in [0.15, 0.2) is 0 Å². The van der Waals surface area contributed by atoms with Gasteiger partial charge in [0.15, 0.2) is 0 Å². The maximum atomic E-state index is 11.4. The topological polar surface area (TPSA) is 29.5 Å². The van der Waals surface area contributed by atoms with E-state index in [0.29, 0.717) is 5.92 Å². The first-order valence-corrected chi connectivity index (χ1v) is 13.3. The number of carbonyl (C=O) groups excluding carboxylic acids is 1. The minimum absolute atomic E-state index is 0.0129. The molecule has 1 aliphatic carbocycles. The van der Waals surface area contributed by atoms with E-state index in [4.69, 9.17) is 4.74 Å². The third kappa shape index (κ3) is 3.93. The van der Waals surface area contributed by atoms with Crippen molar-refractivity contribution in [3.63, 3.8) is 0 Å². The maximum absolute atomic E-state index is 11.4. The molecule has 3 nitrogen and oxygen atoms in total. The lowest BCUT2D eigenvalue weighted by atomic mass is 10.3. The van der Waals surface area contributed by atoms with Gasteiger partial charge in [0.1, 0.15) is 16.5 Å². The van der Waals surface area contributed by atoms with E-state index in [-0.39, 0.29) is 11.9 Å². The van der Waals surface area contributed by atoms with Crippen LogP contribution in [0.3, 0.4) is 0 Å². The summed E-state index contributed by atoms with van der Waals surface area (Å²) in [6, 6.07) is 0. The fourth-order valence-electron chi connectivity index (χ4n) is 2.68. The Labute approximate surface area is 108 Å².